The lowest BCUT2D eigenvalue weighted by Gasteiger charge is -2.34. The molecule has 0 saturated heterocycles. The number of rotatable bonds is 8. The van der Waals surface area contributed by atoms with Gasteiger partial charge in [0.15, 0.2) is 0 Å². The first-order chi connectivity index (χ1) is 15.6. The number of carbonyl (C=O) groups is 3. The van der Waals surface area contributed by atoms with Crippen molar-refractivity contribution in [3.8, 4) is 5.75 Å². The van der Waals surface area contributed by atoms with Crippen molar-refractivity contribution in [1.82, 2.24) is 15.5 Å². The molecule has 1 aromatic rings. The number of carbonyl (C=O) groups excluding carboxylic acids is 3. The maximum atomic E-state index is 13.5. The van der Waals surface area contributed by atoms with Gasteiger partial charge in [0.25, 0.3) is 0 Å². The first-order valence-corrected chi connectivity index (χ1v) is 12.2. The lowest BCUT2D eigenvalue weighted by Crippen LogP contribution is -2.54. The first kappa shape index (κ1) is 26.8. The normalized spacial score (nSPS) is 16.4. The summed E-state index contributed by atoms with van der Waals surface area (Å²) in [4.78, 5) is 40.6. The van der Waals surface area contributed by atoms with E-state index in [1.807, 2.05) is 0 Å². The molecule has 0 bridgehead atoms. The Hall–Kier alpha value is -2.42. The molecule has 2 unspecified atom stereocenters. The van der Waals surface area contributed by atoms with Crippen LogP contribution in [-0.2, 0) is 14.3 Å². The second-order valence-corrected chi connectivity index (χ2v) is 9.71. The molecular formula is C24H37N3O5S. The minimum atomic E-state index is -0.981. The van der Waals surface area contributed by atoms with Gasteiger partial charge < -0.3 is 25.4 Å². The van der Waals surface area contributed by atoms with E-state index in [1.165, 1.54) is 17.0 Å². The average Bonchev–Trinajstić information content (AvgIpc) is 2.74. The fraction of sp³-hybridized carbons (Fsp3) is 0.625. The zero-order valence-electron chi connectivity index (χ0n) is 20.0. The lowest BCUT2D eigenvalue weighted by molar-refractivity contribution is -0.142. The van der Waals surface area contributed by atoms with E-state index in [0.717, 1.165) is 32.1 Å². The number of nitrogens with one attached hydrogen (secondary N) is 2. The molecule has 33 heavy (non-hydrogen) atoms. The number of nitrogens with zero attached hydrogens (tertiary/aromatic N) is 1. The molecule has 2 rings (SSSR count). The summed E-state index contributed by atoms with van der Waals surface area (Å²) in [7, 11) is 0. The SMILES string of the molecule is CCN(C(=O)C(CS)NC(=O)OC(C)(C)C)C(C(=O)NC1CCCCC1)c1cccc(O)c1. The third kappa shape index (κ3) is 8.14. The quantitative estimate of drug-likeness (QED) is 0.427. The largest absolute Gasteiger partial charge is 0.508 e. The first-order valence-electron chi connectivity index (χ1n) is 11.6. The number of ether oxygens (including phenoxy) is 1. The minimum Gasteiger partial charge on any atom is -0.508 e. The molecule has 1 aliphatic rings. The number of likely N-dealkylation sites (N-methyl/N-ethyl adjacent to an activating group) is 1. The topological polar surface area (TPSA) is 108 Å². The van der Waals surface area contributed by atoms with E-state index in [-0.39, 0.29) is 30.0 Å². The zero-order chi connectivity index (χ0) is 24.6. The molecule has 3 N–H and O–H groups in total. The van der Waals surface area contributed by atoms with Crippen LogP contribution in [0.2, 0.25) is 0 Å². The summed E-state index contributed by atoms with van der Waals surface area (Å²) in [5.74, 6) is -0.724. The number of benzene rings is 1. The van der Waals surface area contributed by atoms with E-state index in [2.05, 4.69) is 23.3 Å². The minimum absolute atomic E-state index is 0.00379. The molecule has 1 aliphatic carbocycles. The monoisotopic (exact) mass is 479 g/mol. The van der Waals surface area contributed by atoms with Crippen molar-refractivity contribution in [2.75, 3.05) is 12.3 Å². The Balaban J connectivity index is 2.30. The average molecular weight is 480 g/mol. The van der Waals surface area contributed by atoms with Gasteiger partial charge >= 0.3 is 6.09 Å². The van der Waals surface area contributed by atoms with Crippen molar-refractivity contribution in [3.05, 3.63) is 29.8 Å². The fourth-order valence-electron chi connectivity index (χ4n) is 4.00. The zero-order valence-corrected chi connectivity index (χ0v) is 20.9. The predicted molar refractivity (Wildman–Crippen MR) is 130 cm³/mol. The van der Waals surface area contributed by atoms with Gasteiger partial charge in [-0.05, 0) is 58.2 Å². The van der Waals surface area contributed by atoms with Crippen LogP contribution in [0.15, 0.2) is 24.3 Å². The van der Waals surface area contributed by atoms with Gasteiger partial charge in [0.2, 0.25) is 11.8 Å². The van der Waals surface area contributed by atoms with Gasteiger partial charge in [0.05, 0.1) is 0 Å². The van der Waals surface area contributed by atoms with Gasteiger partial charge in [-0.2, -0.15) is 12.6 Å². The Morgan fingerprint density at radius 1 is 1.21 bits per heavy atom. The van der Waals surface area contributed by atoms with Gasteiger partial charge in [0.1, 0.15) is 23.4 Å². The molecule has 1 fully saturated rings. The van der Waals surface area contributed by atoms with Crippen LogP contribution < -0.4 is 10.6 Å². The van der Waals surface area contributed by atoms with Crippen molar-refractivity contribution in [3.63, 3.8) is 0 Å². The molecule has 184 valence electrons. The molecule has 0 radical (unpaired) electrons. The summed E-state index contributed by atoms with van der Waals surface area (Å²) in [5.41, 5.74) is -0.225. The Labute approximate surface area is 201 Å². The highest BCUT2D eigenvalue weighted by molar-refractivity contribution is 7.80. The van der Waals surface area contributed by atoms with E-state index in [1.54, 1.807) is 39.8 Å². The van der Waals surface area contributed by atoms with Crippen LogP contribution in [0.3, 0.4) is 0 Å². The summed E-state index contributed by atoms with van der Waals surface area (Å²) in [6.07, 6.45) is 4.34. The van der Waals surface area contributed by atoms with Crippen molar-refractivity contribution in [1.29, 1.82) is 0 Å². The van der Waals surface area contributed by atoms with E-state index < -0.39 is 29.7 Å². The third-order valence-electron chi connectivity index (χ3n) is 5.49. The highest BCUT2D eigenvalue weighted by Crippen LogP contribution is 2.27. The fourth-order valence-corrected chi connectivity index (χ4v) is 4.24. The second kappa shape index (κ2) is 12.2. The van der Waals surface area contributed by atoms with Gasteiger partial charge in [-0.3, -0.25) is 9.59 Å². The third-order valence-corrected chi connectivity index (χ3v) is 5.86. The van der Waals surface area contributed by atoms with Gasteiger partial charge in [-0.15, -0.1) is 0 Å². The molecule has 3 amide bonds. The number of hydrogen-bond acceptors (Lipinski definition) is 6. The molecular weight excluding hydrogens is 442 g/mol. The summed E-state index contributed by atoms with van der Waals surface area (Å²) in [5, 5.41) is 15.7. The molecule has 8 nitrogen and oxygen atoms in total. The van der Waals surface area contributed by atoms with Crippen LogP contribution >= 0.6 is 12.6 Å². The van der Waals surface area contributed by atoms with Gasteiger partial charge in [-0.1, -0.05) is 31.4 Å². The second-order valence-electron chi connectivity index (χ2n) is 9.35. The molecule has 0 heterocycles. The van der Waals surface area contributed by atoms with Gasteiger partial charge in [0, 0.05) is 18.3 Å². The van der Waals surface area contributed by atoms with Crippen LogP contribution in [0.4, 0.5) is 4.79 Å². The summed E-state index contributed by atoms with van der Waals surface area (Å²) in [6, 6.07) is 4.46. The molecule has 0 aliphatic heterocycles. The summed E-state index contributed by atoms with van der Waals surface area (Å²) in [6.45, 7) is 7.18. The Morgan fingerprint density at radius 3 is 2.42 bits per heavy atom. The number of amides is 3. The predicted octanol–water partition coefficient (Wildman–Crippen LogP) is 3.55. The van der Waals surface area contributed by atoms with Crippen LogP contribution in [0.25, 0.3) is 0 Å². The van der Waals surface area contributed by atoms with Crippen molar-refractivity contribution in [2.24, 2.45) is 0 Å². The van der Waals surface area contributed by atoms with E-state index in [4.69, 9.17) is 4.74 Å². The maximum absolute atomic E-state index is 13.5. The molecule has 1 aromatic carbocycles. The van der Waals surface area contributed by atoms with Crippen LogP contribution in [0.1, 0.15) is 71.4 Å². The van der Waals surface area contributed by atoms with Gasteiger partial charge in [-0.25, -0.2) is 4.79 Å². The Morgan fingerprint density at radius 2 is 1.88 bits per heavy atom. The molecule has 0 spiro atoms. The van der Waals surface area contributed by atoms with Crippen molar-refractivity contribution >= 4 is 30.5 Å². The van der Waals surface area contributed by atoms with Crippen LogP contribution in [-0.4, -0.2) is 57.9 Å². The van der Waals surface area contributed by atoms with Crippen molar-refractivity contribution < 1.29 is 24.2 Å². The summed E-state index contributed by atoms with van der Waals surface area (Å²) >= 11 is 4.25. The number of phenols is 1. The van der Waals surface area contributed by atoms with Crippen LogP contribution in [0.5, 0.6) is 5.75 Å². The summed E-state index contributed by atoms with van der Waals surface area (Å²) < 4.78 is 5.28. The van der Waals surface area contributed by atoms with E-state index >= 15 is 0 Å². The highest BCUT2D eigenvalue weighted by atomic mass is 32.1. The van der Waals surface area contributed by atoms with E-state index in [0.29, 0.717) is 5.56 Å². The lowest BCUT2D eigenvalue weighted by atomic mass is 9.94. The number of phenolic OH excluding ortho intramolecular Hbond substituents is 1. The van der Waals surface area contributed by atoms with Crippen LogP contribution in [0, 0.1) is 0 Å². The molecule has 2 atom stereocenters. The number of aromatic hydroxyl groups is 1. The number of thiol groups is 1. The van der Waals surface area contributed by atoms with E-state index in [9.17, 15) is 19.5 Å². The smallest absolute Gasteiger partial charge is 0.408 e. The number of hydrogen-bond donors (Lipinski definition) is 4. The molecule has 9 heteroatoms. The molecule has 1 saturated carbocycles. The number of alkyl carbamates (subject to hydrolysis) is 1. The van der Waals surface area contributed by atoms with Crippen molar-refractivity contribution in [2.45, 2.75) is 83.5 Å². The Kier molecular flexibility index (Phi) is 9.88. The highest BCUT2D eigenvalue weighted by Gasteiger charge is 2.36. The maximum Gasteiger partial charge on any atom is 0.408 e. The standard InChI is InChI=1S/C24H37N3O5S/c1-5-27(22(30)19(15-33)26-23(31)32-24(2,3)4)20(16-10-9-13-18(28)14-16)21(29)25-17-11-7-6-8-12-17/h9-10,13-14,17,19-20,28,33H,5-8,11-12,15H2,1-4H3,(H,25,29)(H,26,31). The Bertz CT molecular complexity index is 821. The molecule has 0 aromatic heterocycles.